The Balaban J connectivity index is 1.45. The van der Waals surface area contributed by atoms with Gasteiger partial charge in [0.05, 0.1) is 24.9 Å². The first-order valence-electron chi connectivity index (χ1n) is 8.23. The molecule has 0 aliphatic heterocycles. The van der Waals surface area contributed by atoms with Gasteiger partial charge in [-0.2, -0.15) is 0 Å². The van der Waals surface area contributed by atoms with Gasteiger partial charge in [-0.1, -0.05) is 43.2 Å². The molecule has 0 spiro atoms. The number of nitrogens with one attached hydrogen (secondary N) is 1. The van der Waals surface area contributed by atoms with Gasteiger partial charge >= 0.3 is 0 Å². The first-order valence-corrected chi connectivity index (χ1v) is 9.11. The lowest BCUT2D eigenvalue weighted by molar-refractivity contribution is 0.0246. The van der Waals surface area contributed by atoms with Crippen molar-refractivity contribution in [1.29, 1.82) is 0 Å². The Kier molecular flexibility index (Phi) is 5.78. The second kappa shape index (κ2) is 8.02. The molecule has 0 amide bonds. The Morgan fingerprint density at radius 1 is 1.26 bits per heavy atom. The standard InChI is InChI=1S/C18H24N2O2S/c21-16(14-22-13-15-6-2-1-3-7-15)12-20-18(8-4-5-9-18)17-19-10-11-23-17/h1-3,6-7,10-11,16,20-21H,4-5,8-9,12-14H2. The van der Waals surface area contributed by atoms with Gasteiger partial charge in [0.2, 0.25) is 0 Å². The number of thiazole rings is 1. The van der Waals surface area contributed by atoms with Crippen molar-refractivity contribution in [1.82, 2.24) is 10.3 Å². The van der Waals surface area contributed by atoms with Crippen molar-refractivity contribution in [3.8, 4) is 0 Å². The maximum absolute atomic E-state index is 10.2. The SMILES string of the molecule is OC(CNC1(c2nccs2)CCCC1)COCc1ccccc1. The van der Waals surface area contributed by atoms with Crippen molar-refractivity contribution in [2.45, 2.75) is 43.9 Å². The van der Waals surface area contributed by atoms with Crippen molar-refractivity contribution in [3.63, 3.8) is 0 Å². The third-order valence-electron chi connectivity index (χ3n) is 4.40. The van der Waals surface area contributed by atoms with Gasteiger partial charge < -0.3 is 15.2 Å². The van der Waals surface area contributed by atoms with Crippen LogP contribution in [0.2, 0.25) is 0 Å². The summed E-state index contributed by atoms with van der Waals surface area (Å²) in [6, 6.07) is 10.0. The molecule has 2 N–H and O–H groups in total. The molecular weight excluding hydrogens is 308 g/mol. The number of hydrogen-bond acceptors (Lipinski definition) is 5. The molecule has 1 aliphatic carbocycles. The van der Waals surface area contributed by atoms with E-state index in [-0.39, 0.29) is 5.54 Å². The van der Waals surface area contributed by atoms with E-state index >= 15 is 0 Å². The molecule has 4 nitrogen and oxygen atoms in total. The number of rotatable bonds is 8. The Morgan fingerprint density at radius 3 is 2.74 bits per heavy atom. The molecule has 1 atom stereocenters. The maximum atomic E-state index is 10.2. The topological polar surface area (TPSA) is 54.4 Å². The molecule has 0 bridgehead atoms. The number of benzene rings is 1. The van der Waals surface area contributed by atoms with Crippen molar-refractivity contribution in [2.24, 2.45) is 0 Å². The minimum Gasteiger partial charge on any atom is -0.389 e. The van der Waals surface area contributed by atoms with Gasteiger partial charge in [-0.25, -0.2) is 4.98 Å². The van der Waals surface area contributed by atoms with Crippen LogP contribution in [0.3, 0.4) is 0 Å². The van der Waals surface area contributed by atoms with Crippen molar-refractivity contribution in [3.05, 3.63) is 52.5 Å². The molecule has 0 radical (unpaired) electrons. The fourth-order valence-electron chi connectivity index (χ4n) is 3.16. The highest BCUT2D eigenvalue weighted by atomic mass is 32.1. The summed E-state index contributed by atoms with van der Waals surface area (Å²) in [5, 5.41) is 16.9. The van der Waals surface area contributed by atoms with Crippen LogP contribution in [-0.2, 0) is 16.9 Å². The van der Waals surface area contributed by atoms with E-state index in [1.54, 1.807) is 11.3 Å². The quantitative estimate of drug-likeness (QED) is 0.780. The zero-order valence-corrected chi connectivity index (χ0v) is 14.1. The number of aliphatic hydroxyl groups is 1. The van der Waals surface area contributed by atoms with Crippen molar-refractivity contribution < 1.29 is 9.84 Å². The van der Waals surface area contributed by atoms with Crippen LogP contribution in [0, 0.1) is 0 Å². The Morgan fingerprint density at radius 2 is 2.04 bits per heavy atom. The fourth-order valence-corrected chi connectivity index (χ4v) is 4.04. The maximum Gasteiger partial charge on any atom is 0.113 e. The van der Waals surface area contributed by atoms with Crippen molar-refractivity contribution >= 4 is 11.3 Å². The van der Waals surface area contributed by atoms with Crippen LogP contribution in [0.1, 0.15) is 36.3 Å². The first kappa shape index (κ1) is 16.6. The summed E-state index contributed by atoms with van der Waals surface area (Å²) in [4.78, 5) is 4.49. The number of aliphatic hydroxyl groups excluding tert-OH is 1. The summed E-state index contributed by atoms with van der Waals surface area (Å²) in [6.45, 7) is 1.42. The summed E-state index contributed by atoms with van der Waals surface area (Å²) < 4.78 is 5.62. The Hall–Kier alpha value is -1.27. The van der Waals surface area contributed by atoms with Crippen LogP contribution in [0.25, 0.3) is 0 Å². The van der Waals surface area contributed by atoms with Gasteiger partial charge in [-0.05, 0) is 18.4 Å². The molecule has 23 heavy (non-hydrogen) atoms. The van der Waals surface area contributed by atoms with E-state index in [1.165, 1.54) is 12.8 Å². The number of hydrogen-bond donors (Lipinski definition) is 2. The molecule has 1 aromatic heterocycles. The van der Waals surface area contributed by atoms with Crippen LogP contribution in [-0.4, -0.2) is 29.3 Å². The van der Waals surface area contributed by atoms with Crippen LogP contribution in [0.15, 0.2) is 41.9 Å². The average molecular weight is 332 g/mol. The van der Waals surface area contributed by atoms with Crippen molar-refractivity contribution in [2.75, 3.05) is 13.2 Å². The van der Waals surface area contributed by atoms with E-state index in [4.69, 9.17) is 4.74 Å². The van der Waals surface area contributed by atoms with Crippen LogP contribution in [0.5, 0.6) is 0 Å². The molecule has 5 heteroatoms. The summed E-state index contributed by atoms with van der Waals surface area (Å²) in [5.74, 6) is 0. The lowest BCUT2D eigenvalue weighted by Crippen LogP contribution is -2.44. The molecule has 124 valence electrons. The molecule has 1 fully saturated rings. The summed E-state index contributed by atoms with van der Waals surface area (Å²) in [6.07, 6.45) is 5.98. The minimum absolute atomic E-state index is 0.0470. The highest BCUT2D eigenvalue weighted by Gasteiger charge is 2.37. The molecule has 1 aromatic carbocycles. The largest absolute Gasteiger partial charge is 0.389 e. The molecule has 1 heterocycles. The first-order chi connectivity index (χ1) is 11.3. The zero-order valence-electron chi connectivity index (χ0n) is 13.3. The molecule has 2 aromatic rings. The molecule has 1 saturated carbocycles. The third-order valence-corrected chi connectivity index (χ3v) is 5.37. The highest BCUT2D eigenvalue weighted by Crippen LogP contribution is 2.39. The monoisotopic (exact) mass is 332 g/mol. The molecule has 1 unspecified atom stereocenters. The van der Waals surface area contributed by atoms with Gasteiger partial charge in [0, 0.05) is 18.1 Å². The van der Waals surface area contributed by atoms with Crippen LogP contribution >= 0.6 is 11.3 Å². The summed E-state index contributed by atoms with van der Waals surface area (Å²) in [7, 11) is 0. The predicted octanol–water partition coefficient (Wildman–Crippen LogP) is 3.08. The number of nitrogens with zero attached hydrogens (tertiary/aromatic N) is 1. The lowest BCUT2D eigenvalue weighted by atomic mass is 9.98. The Labute approximate surface area is 141 Å². The zero-order chi connectivity index (χ0) is 16.0. The number of ether oxygens (including phenoxy) is 1. The van der Waals surface area contributed by atoms with Gasteiger partial charge in [0.1, 0.15) is 5.01 Å². The van der Waals surface area contributed by atoms with E-state index in [9.17, 15) is 5.11 Å². The fraction of sp³-hybridized carbons (Fsp3) is 0.500. The van der Waals surface area contributed by atoms with E-state index in [0.717, 1.165) is 23.4 Å². The molecule has 0 saturated heterocycles. The summed E-state index contributed by atoms with van der Waals surface area (Å²) >= 11 is 1.70. The van der Waals surface area contributed by atoms with Gasteiger partial charge in [-0.3, -0.25) is 0 Å². The minimum atomic E-state index is -0.504. The molecular formula is C18H24N2O2S. The Bertz CT molecular complexity index is 568. The number of aromatic nitrogens is 1. The van der Waals surface area contributed by atoms with Gasteiger partial charge in [0.25, 0.3) is 0 Å². The smallest absolute Gasteiger partial charge is 0.113 e. The van der Waals surface area contributed by atoms with E-state index in [0.29, 0.717) is 19.8 Å². The van der Waals surface area contributed by atoms with Crippen LogP contribution < -0.4 is 5.32 Å². The van der Waals surface area contributed by atoms with Gasteiger partial charge in [-0.15, -0.1) is 11.3 Å². The van der Waals surface area contributed by atoms with E-state index < -0.39 is 6.10 Å². The van der Waals surface area contributed by atoms with E-state index in [2.05, 4.69) is 10.3 Å². The summed E-state index contributed by atoms with van der Waals surface area (Å²) in [5.41, 5.74) is 1.08. The second-order valence-electron chi connectivity index (χ2n) is 6.16. The second-order valence-corrected chi connectivity index (χ2v) is 7.06. The molecule has 3 rings (SSSR count). The van der Waals surface area contributed by atoms with E-state index in [1.807, 2.05) is 41.9 Å². The highest BCUT2D eigenvalue weighted by molar-refractivity contribution is 7.09. The average Bonchev–Trinajstić information content (AvgIpc) is 3.26. The third kappa shape index (κ3) is 4.38. The predicted molar refractivity (Wildman–Crippen MR) is 92.4 cm³/mol. The van der Waals surface area contributed by atoms with Gasteiger partial charge in [0.15, 0.2) is 0 Å². The normalized spacial score (nSPS) is 18.1. The molecule has 1 aliphatic rings. The van der Waals surface area contributed by atoms with Crippen LogP contribution in [0.4, 0.5) is 0 Å². The lowest BCUT2D eigenvalue weighted by Gasteiger charge is -2.29.